The van der Waals surface area contributed by atoms with Crippen molar-refractivity contribution in [2.45, 2.75) is 42.2 Å². The predicted octanol–water partition coefficient (Wildman–Crippen LogP) is -0.566. The highest BCUT2D eigenvalue weighted by atomic mass is 32.2. The molecular formula is C21H25N5O8S. The molecule has 3 aromatic rings. The Balaban J connectivity index is 1.41. The van der Waals surface area contributed by atoms with Crippen molar-refractivity contribution in [1.29, 1.82) is 0 Å². The summed E-state index contributed by atoms with van der Waals surface area (Å²) in [7, 11) is -2.49. The summed E-state index contributed by atoms with van der Waals surface area (Å²) in [6.45, 7) is -0.583. The average molecular weight is 508 g/mol. The van der Waals surface area contributed by atoms with Crippen molar-refractivity contribution in [3.05, 3.63) is 60.6 Å². The van der Waals surface area contributed by atoms with Gasteiger partial charge in [-0.1, -0.05) is 11.3 Å². The van der Waals surface area contributed by atoms with Crippen molar-refractivity contribution in [2.75, 3.05) is 18.4 Å². The second-order valence-corrected chi connectivity index (χ2v) is 9.37. The fourth-order valence-corrected chi connectivity index (χ4v) is 4.52. The number of methoxy groups -OCH3 is 1. The van der Waals surface area contributed by atoms with Crippen molar-refractivity contribution in [3.63, 3.8) is 0 Å². The van der Waals surface area contributed by atoms with Crippen LogP contribution in [-0.4, -0.2) is 88.1 Å². The first-order chi connectivity index (χ1) is 16.8. The van der Waals surface area contributed by atoms with Crippen LogP contribution in [0.25, 0.3) is 5.69 Å². The van der Waals surface area contributed by atoms with E-state index in [1.807, 2.05) is 0 Å². The second-order valence-electron chi connectivity index (χ2n) is 7.69. The first-order valence-electron chi connectivity index (χ1n) is 10.5. The molecule has 1 saturated heterocycles. The Morgan fingerprint density at radius 2 is 1.91 bits per heavy atom. The molecular weight excluding hydrogens is 482 g/mol. The van der Waals surface area contributed by atoms with Crippen molar-refractivity contribution < 1.29 is 37.9 Å². The minimum absolute atomic E-state index is 0.0456. The number of anilines is 1. The third-order valence-electron chi connectivity index (χ3n) is 5.33. The molecule has 3 heterocycles. The lowest BCUT2D eigenvalue weighted by atomic mass is 9.99. The topological polar surface area (TPSA) is 178 Å². The van der Waals surface area contributed by atoms with E-state index in [0.717, 1.165) is 0 Å². The third kappa shape index (κ3) is 5.65. The molecule has 188 valence electrons. The number of aromatic nitrogens is 4. The molecule has 4 rings (SSSR count). The lowest BCUT2D eigenvalue weighted by molar-refractivity contribution is -0.303. The Kier molecular flexibility index (Phi) is 7.71. The maximum Gasteiger partial charge on any atom is 0.263 e. The van der Waals surface area contributed by atoms with E-state index in [4.69, 9.17) is 14.2 Å². The zero-order chi connectivity index (χ0) is 25.0. The Bertz CT molecular complexity index is 1190. The largest absolute Gasteiger partial charge is 0.394 e. The standard InChI is InChI=1S/C21H25N5O8S/c1-32-21-19(29)20(18(28)16(11-27)34-21)33-12-13-10-26(25-23-13)14-5-7-15(8-6-14)35(30,31)24-17-4-2-3-9-22-17/h2-10,16,18-21,27-29H,11-12H2,1H3,(H,22,24)/t16-,18+,19-,20+,21-/m1/s1. The van der Waals surface area contributed by atoms with Gasteiger partial charge in [0.25, 0.3) is 10.0 Å². The fraction of sp³-hybridized carbons (Fsp3) is 0.381. The van der Waals surface area contributed by atoms with Gasteiger partial charge in [-0.05, 0) is 36.4 Å². The van der Waals surface area contributed by atoms with Gasteiger partial charge in [0.1, 0.15) is 35.9 Å². The van der Waals surface area contributed by atoms with Crippen LogP contribution in [0.2, 0.25) is 0 Å². The van der Waals surface area contributed by atoms with Gasteiger partial charge < -0.3 is 29.5 Å². The van der Waals surface area contributed by atoms with Crippen LogP contribution in [-0.2, 0) is 30.8 Å². The minimum atomic E-state index is -3.82. The van der Waals surface area contributed by atoms with Crippen LogP contribution < -0.4 is 4.72 Å². The Hall–Kier alpha value is -2.98. The van der Waals surface area contributed by atoms with Crippen LogP contribution >= 0.6 is 0 Å². The average Bonchev–Trinajstić information content (AvgIpc) is 3.34. The number of ether oxygens (including phenoxy) is 3. The van der Waals surface area contributed by atoms with Crippen LogP contribution in [0.1, 0.15) is 5.69 Å². The van der Waals surface area contributed by atoms with Crippen LogP contribution in [0.4, 0.5) is 5.82 Å². The van der Waals surface area contributed by atoms with Crippen molar-refractivity contribution in [1.82, 2.24) is 20.0 Å². The number of benzene rings is 1. The Morgan fingerprint density at radius 3 is 2.57 bits per heavy atom. The summed E-state index contributed by atoms with van der Waals surface area (Å²) in [4.78, 5) is 4.00. The Labute approximate surface area is 201 Å². The zero-order valence-electron chi connectivity index (χ0n) is 18.6. The summed E-state index contributed by atoms with van der Waals surface area (Å²) in [6, 6.07) is 10.9. The molecule has 0 saturated carbocycles. The van der Waals surface area contributed by atoms with Crippen LogP contribution in [0, 0.1) is 0 Å². The van der Waals surface area contributed by atoms with Gasteiger partial charge in [0.15, 0.2) is 6.29 Å². The van der Waals surface area contributed by atoms with Crippen LogP contribution in [0.15, 0.2) is 59.8 Å². The van der Waals surface area contributed by atoms with Crippen molar-refractivity contribution in [3.8, 4) is 5.69 Å². The van der Waals surface area contributed by atoms with E-state index in [1.165, 1.54) is 30.1 Å². The van der Waals surface area contributed by atoms with E-state index in [1.54, 1.807) is 36.5 Å². The van der Waals surface area contributed by atoms with E-state index in [0.29, 0.717) is 11.4 Å². The number of hydrogen-bond donors (Lipinski definition) is 4. The quantitative estimate of drug-likeness (QED) is 0.292. The number of nitrogens with one attached hydrogen (secondary N) is 1. The first-order valence-corrected chi connectivity index (χ1v) is 12.0. The summed E-state index contributed by atoms with van der Waals surface area (Å²) in [5.41, 5.74) is 0.936. The lowest BCUT2D eigenvalue weighted by Crippen LogP contribution is -2.59. The smallest absolute Gasteiger partial charge is 0.263 e. The van der Waals surface area contributed by atoms with Gasteiger partial charge in [-0.15, -0.1) is 5.10 Å². The molecule has 0 spiro atoms. The normalized spacial score (nSPS) is 24.9. The zero-order valence-corrected chi connectivity index (χ0v) is 19.4. The molecule has 0 radical (unpaired) electrons. The van der Waals surface area contributed by atoms with Crippen molar-refractivity contribution >= 4 is 15.8 Å². The molecule has 13 nitrogen and oxygen atoms in total. The third-order valence-corrected chi connectivity index (χ3v) is 6.70. The SMILES string of the molecule is CO[C@@H]1O[C@H](CO)[C@H](O)[C@H](OCc2cn(-c3ccc(S(=O)(=O)Nc4ccccn4)cc3)nn2)[C@H]1O. The second kappa shape index (κ2) is 10.7. The van der Waals surface area contributed by atoms with Gasteiger partial charge >= 0.3 is 0 Å². The summed E-state index contributed by atoms with van der Waals surface area (Å²) < 4.78 is 44.9. The molecule has 0 aliphatic carbocycles. The highest BCUT2D eigenvalue weighted by Gasteiger charge is 2.45. The van der Waals surface area contributed by atoms with Gasteiger partial charge in [0.2, 0.25) is 0 Å². The van der Waals surface area contributed by atoms with Crippen LogP contribution in [0.3, 0.4) is 0 Å². The van der Waals surface area contributed by atoms with E-state index >= 15 is 0 Å². The first kappa shape index (κ1) is 25.1. The number of sulfonamides is 1. The molecule has 0 amide bonds. The summed E-state index contributed by atoms with van der Waals surface area (Å²) in [6.07, 6.45) is -2.67. The number of hydrogen-bond acceptors (Lipinski definition) is 11. The predicted molar refractivity (Wildman–Crippen MR) is 120 cm³/mol. The van der Waals surface area contributed by atoms with Gasteiger partial charge in [-0.2, -0.15) is 0 Å². The fourth-order valence-electron chi connectivity index (χ4n) is 3.51. The highest BCUT2D eigenvalue weighted by Crippen LogP contribution is 2.25. The summed E-state index contributed by atoms with van der Waals surface area (Å²) in [5.74, 6) is 0.208. The van der Waals surface area contributed by atoms with Crippen molar-refractivity contribution in [2.24, 2.45) is 0 Å². The molecule has 1 aliphatic rings. The molecule has 4 N–H and O–H groups in total. The maximum absolute atomic E-state index is 12.6. The maximum atomic E-state index is 12.6. The van der Waals surface area contributed by atoms with Gasteiger partial charge in [-0.25, -0.2) is 18.1 Å². The van der Waals surface area contributed by atoms with Gasteiger partial charge in [-0.3, -0.25) is 4.72 Å². The number of nitrogens with zero attached hydrogens (tertiary/aromatic N) is 4. The molecule has 1 aromatic carbocycles. The molecule has 0 unspecified atom stereocenters. The summed E-state index contributed by atoms with van der Waals surface area (Å²) in [5, 5.41) is 38.1. The number of rotatable bonds is 9. The molecule has 1 fully saturated rings. The number of aliphatic hydroxyl groups is 3. The lowest BCUT2D eigenvalue weighted by Gasteiger charge is -2.41. The molecule has 5 atom stereocenters. The van der Waals surface area contributed by atoms with E-state index in [2.05, 4.69) is 20.0 Å². The van der Waals surface area contributed by atoms with E-state index in [9.17, 15) is 23.7 Å². The van der Waals surface area contributed by atoms with E-state index < -0.39 is 47.3 Å². The van der Waals surface area contributed by atoms with Crippen LogP contribution in [0.5, 0.6) is 0 Å². The van der Waals surface area contributed by atoms with Gasteiger partial charge in [0.05, 0.1) is 30.0 Å². The highest BCUT2D eigenvalue weighted by molar-refractivity contribution is 7.92. The monoisotopic (exact) mass is 507 g/mol. The Morgan fingerprint density at radius 1 is 1.14 bits per heavy atom. The molecule has 35 heavy (non-hydrogen) atoms. The minimum Gasteiger partial charge on any atom is -0.394 e. The molecule has 2 aromatic heterocycles. The molecule has 0 bridgehead atoms. The van der Waals surface area contributed by atoms with E-state index in [-0.39, 0.29) is 17.3 Å². The number of pyridine rings is 1. The number of aliphatic hydroxyl groups excluding tert-OH is 3. The van der Waals surface area contributed by atoms with Gasteiger partial charge in [0, 0.05) is 13.3 Å². The molecule has 14 heteroatoms. The summed E-state index contributed by atoms with van der Waals surface area (Å²) >= 11 is 0. The molecule has 1 aliphatic heterocycles.